The summed E-state index contributed by atoms with van der Waals surface area (Å²) in [6.07, 6.45) is 0.889. The topological polar surface area (TPSA) is 81.4 Å². The molecule has 1 fully saturated rings. The van der Waals surface area contributed by atoms with Crippen LogP contribution < -0.4 is 10.9 Å². The number of nitrogens with one attached hydrogen (secondary N) is 4. The average molecular weight is 304 g/mol. The van der Waals surface area contributed by atoms with Crippen molar-refractivity contribution in [1.29, 1.82) is 0 Å². The standard InChI is InChI=1S/C17H16N6/c1-2-6-11-10(5-1)18-16(19-11)14-9-15(23-22-14)17-20-12-7-3-4-8-13(12)21-17/h1-8,14-15,22-23H,9H2,(H,18,19)(H,20,21). The van der Waals surface area contributed by atoms with E-state index in [1.807, 2.05) is 48.5 Å². The zero-order valence-electron chi connectivity index (χ0n) is 12.4. The molecule has 0 radical (unpaired) electrons. The molecule has 6 nitrogen and oxygen atoms in total. The number of rotatable bonds is 2. The van der Waals surface area contributed by atoms with Crippen LogP contribution in [0.15, 0.2) is 48.5 Å². The molecule has 4 aromatic rings. The van der Waals surface area contributed by atoms with Gasteiger partial charge < -0.3 is 9.97 Å². The Labute approximate surface area is 132 Å². The van der Waals surface area contributed by atoms with Gasteiger partial charge in [0.05, 0.1) is 34.2 Å². The third kappa shape index (κ3) is 2.11. The van der Waals surface area contributed by atoms with Gasteiger partial charge in [-0.15, -0.1) is 0 Å². The van der Waals surface area contributed by atoms with Crippen LogP contribution in [0.3, 0.4) is 0 Å². The van der Waals surface area contributed by atoms with E-state index in [9.17, 15) is 0 Å². The first kappa shape index (κ1) is 12.8. The summed E-state index contributed by atoms with van der Waals surface area (Å²) in [4.78, 5) is 16.1. The van der Waals surface area contributed by atoms with E-state index in [4.69, 9.17) is 0 Å². The molecule has 3 heterocycles. The molecular weight excluding hydrogens is 288 g/mol. The van der Waals surface area contributed by atoms with Gasteiger partial charge >= 0.3 is 0 Å². The van der Waals surface area contributed by atoms with Gasteiger partial charge in [-0.1, -0.05) is 24.3 Å². The van der Waals surface area contributed by atoms with Crippen LogP contribution in [0.5, 0.6) is 0 Å². The largest absolute Gasteiger partial charge is 0.341 e. The molecule has 2 atom stereocenters. The van der Waals surface area contributed by atoms with Crippen LogP contribution >= 0.6 is 0 Å². The first-order valence-electron chi connectivity index (χ1n) is 7.77. The number of H-pyrrole nitrogens is 2. The molecule has 2 aromatic heterocycles. The summed E-state index contributed by atoms with van der Waals surface area (Å²) < 4.78 is 0. The van der Waals surface area contributed by atoms with Gasteiger partial charge in [0, 0.05) is 0 Å². The first-order valence-corrected chi connectivity index (χ1v) is 7.77. The molecule has 0 spiro atoms. The summed E-state index contributed by atoms with van der Waals surface area (Å²) >= 11 is 0. The van der Waals surface area contributed by atoms with Gasteiger partial charge in [0.15, 0.2) is 0 Å². The number of aromatic nitrogens is 4. The summed E-state index contributed by atoms with van der Waals surface area (Å²) in [5, 5.41) is 0. The lowest BCUT2D eigenvalue weighted by molar-refractivity contribution is 0.536. The van der Waals surface area contributed by atoms with Crippen molar-refractivity contribution in [3.8, 4) is 0 Å². The number of imidazole rings is 2. The van der Waals surface area contributed by atoms with E-state index in [1.54, 1.807) is 0 Å². The Hall–Kier alpha value is -2.70. The molecule has 1 aliphatic heterocycles. The second-order valence-electron chi connectivity index (χ2n) is 5.91. The maximum absolute atomic E-state index is 4.68. The van der Waals surface area contributed by atoms with Crippen molar-refractivity contribution in [3.05, 3.63) is 60.2 Å². The van der Waals surface area contributed by atoms with Gasteiger partial charge in [0.25, 0.3) is 0 Å². The third-order valence-electron chi connectivity index (χ3n) is 4.38. The minimum Gasteiger partial charge on any atom is -0.341 e. The minimum atomic E-state index is 0.139. The highest BCUT2D eigenvalue weighted by atomic mass is 15.4. The van der Waals surface area contributed by atoms with Crippen molar-refractivity contribution in [2.75, 3.05) is 0 Å². The molecular formula is C17H16N6. The van der Waals surface area contributed by atoms with Crippen LogP contribution in [0, 0.1) is 0 Å². The number of hydrogen-bond donors (Lipinski definition) is 4. The SMILES string of the molecule is c1ccc2[nH]c(C3CC(c4nc5ccccc5[nH]4)NN3)nc2c1. The van der Waals surface area contributed by atoms with Crippen molar-refractivity contribution in [1.82, 2.24) is 30.8 Å². The number of fused-ring (bicyclic) bond motifs is 2. The normalized spacial score (nSPS) is 21.4. The third-order valence-corrected chi connectivity index (χ3v) is 4.38. The highest BCUT2D eigenvalue weighted by Crippen LogP contribution is 2.30. The fourth-order valence-corrected chi connectivity index (χ4v) is 3.19. The maximum Gasteiger partial charge on any atom is 0.125 e. The summed E-state index contributed by atoms with van der Waals surface area (Å²) in [5.41, 5.74) is 10.8. The Kier molecular flexibility index (Phi) is 2.73. The molecule has 0 saturated carbocycles. The lowest BCUT2D eigenvalue weighted by Gasteiger charge is -2.04. The molecule has 5 rings (SSSR count). The number of nitrogens with zero attached hydrogens (tertiary/aromatic N) is 2. The smallest absolute Gasteiger partial charge is 0.125 e. The summed E-state index contributed by atoms with van der Waals surface area (Å²) in [6.45, 7) is 0. The van der Waals surface area contributed by atoms with Crippen LogP contribution in [0.1, 0.15) is 30.2 Å². The van der Waals surface area contributed by atoms with Gasteiger partial charge in [-0.05, 0) is 30.7 Å². The average Bonchev–Trinajstić information content (AvgIpc) is 3.30. The van der Waals surface area contributed by atoms with Crippen LogP contribution in [0.2, 0.25) is 0 Å². The second-order valence-corrected chi connectivity index (χ2v) is 5.91. The van der Waals surface area contributed by atoms with Crippen molar-refractivity contribution in [2.45, 2.75) is 18.5 Å². The van der Waals surface area contributed by atoms with E-state index in [1.165, 1.54) is 0 Å². The molecule has 4 N–H and O–H groups in total. The zero-order valence-corrected chi connectivity index (χ0v) is 12.4. The Morgan fingerprint density at radius 1 is 0.696 bits per heavy atom. The van der Waals surface area contributed by atoms with Gasteiger partial charge in [0.1, 0.15) is 11.6 Å². The summed E-state index contributed by atoms with van der Waals surface area (Å²) in [5.74, 6) is 1.91. The zero-order chi connectivity index (χ0) is 15.2. The number of para-hydroxylation sites is 4. The molecule has 1 aliphatic rings. The van der Waals surface area contributed by atoms with Crippen molar-refractivity contribution in [3.63, 3.8) is 0 Å². The van der Waals surface area contributed by atoms with E-state index in [0.717, 1.165) is 40.1 Å². The van der Waals surface area contributed by atoms with Crippen LogP contribution in [-0.2, 0) is 0 Å². The van der Waals surface area contributed by atoms with E-state index < -0.39 is 0 Å². The highest BCUT2D eigenvalue weighted by Gasteiger charge is 2.30. The number of hydrazine groups is 1. The molecule has 1 saturated heterocycles. The van der Waals surface area contributed by atoms with Gasteiger partial charge in [-0.2, -0.15) is 0 Å². The first-order chi connectivity index (χ1) is 11.4. The quantitative estimate of drug-likeness (QED) is 0.459. The predicted octanol–water partition coefficient (Wildman–Crippen LogP) is 2.72. The van der Waals surface area contributed by atoms with Crippen molar-refractivity contribution >= 4 is 22.1 Å². The van der Waals surface area contributed by atoms with Crippen LogP contribution in [-0.4, -0.2) is 19.9 Å². The Balaban J connectivity index is 1.43. The fourth-order valence-electron chi connectivity index (χ4n) is 3.19. The lowest BCUT2D eigenvalue weighted by Crippen LogP contribution is -2.27. The highest BCUT2D eigenvalue weighted by molar-refractivity contribution is 5.75. The molecule has 6 heteroatoms. The number of benzene rings is 2. The fraction of sp³-hybridized carbons (Fsp3) is 0.176. The monoisotopic (exact) mass is 304 g/mol. The van der Waals surface area contributed by atoms with E-state index in [2.05, 4.69) is 30.8 Å². The molecule has 23 heavy (non-hydrogen) atoms. The van der Waals surface area contributed by atoms with Crippen molar-refractivity contribution < 1.29 is 0 Å². The molecule has 0 amide bonds. The van der Waals surface area contributed by atoms with Gasteiger partial charge in [0.2, 0.25) is 0 Å². The second kappa shape index (κ2) is 4.91. The Morgan fingerprint density at radius 3 is 1.65 bits per heavy atom. The molecule has 114 valence electrons. The van der Waals surface area contributed by atoms with Crippen LogP contribution in [0.4, 0.5) is 0 Å². The number of aromatic amines is 2. The predicted molar refractivity (Wildman–Crippen MR) is 88.6 cm³/mol. The lowest BCUT2D eigenvalue weighted by atomic mass is 10.1. The molecule has 0 aliphatic carbocycles. The maximum atomic E-state index is 4.68. The van der Waals surface area contributed by atoms with Crippen LogP contribution in [0.25, 0.3) is 22.1 Å². The Morgan fingerprint density at radius 2 is 1.17 bits per heavy atom. The van der Waals surface area contributed by atoms with E-state index in [0.29, 0.717) is 0 Å². The molecule has 2 unspecified atom stereocenters. The molecule has 2 aromatic carbocycles. The summed E-state index contributed by atoms with van der Waals surface area (Å²) in [6, 6.07) is 16.5. The Bertz CT molecular complexity index is 839. The molecule has 0 bridgehead atoms. The van der Waals surface area contributed by atoms with Gasteiger partial charge in [-0.3, -0.25) is 0 Å². The van der Waals surface area contributed by atoms with Crippen molar-refractivity contribution in [2.24, 2.45) is 0 Å². The summed E-state index contributed by atoms with van der Waals surface area (Å²) in [7, 11) is 0. The minimum absolute atomic E-state index is 0.139. The van der Waals surface area contributed by atoms with E-state index >= 15 is 0 Å². The number of hydrogen-bond acceptors (Lipinski definition) is 4. The van der Waals surface area contributed by atoms with E-state index in [-0.39, 0.29) is 12.1 Å². The van der Waals surface area contributed by atoms with Gasteiger partial charge in [-0.25, -0.2) is 20.8 Å².